The normalized spacial score (nSPS) is 12.1. The molecule has 1 unspecified atom stereocenters. The zero-order valence-electron chi connectivity index (χ0n) is 21.1. The number of halogens is 2. The third kappa shape index (κ3) is 5.65. The third-order valence-corrected chi connectivity index (χ3v) is 6.38. The summed E-state index contributed by atoms with van der Waals surface area (Å²) in [5, 5.41) is 0.841. The number of methoxy groups -OCH3 is 1. The lowest BCUT2D eigenvalue weighted by atomic mass is 10.1. The van der Waals surface area contributed by atoms with Crippen LogP contribution in [0.1, 0.15) is 29.1 Å². The van der Waals surface area contributed by atoms with Crippen LogP contribution < -0.4 is 10.3 Å². The number of nitrogens with zero attached hydrogens (tertiary/aromatic N) is 4. The second-order valence-electron chi connectivity index (χ2n) is 8.96. The molecule has 1 aromatic heterocycles. The van der Waals surface area contributed by atoms with E-state index >= 15 is 0 Å². The van der Waals surface area contributed by atoms with Gasteiger partial charge >= 0.3 is 0 Å². The highest BCUT2D eigenvalue weighted by Gasteiger charge is 2.28. The summed E-state index contributed by atoms with van der Waals surface area (Å²) in [6, 6.07) is 16.9. The maximum atomic E-state index is 14.0. The average molecular weight is 523 g/mol. The molecule has 1 heterocycles. The first-order valence-electron chi connectivity index (χ1n) is 11.8. The van der Waals surface area contributed by atoms with Crippen molar-refractivity contribution in [2.45, 2.75) is 13.0 Å². The maximum absolute atomic E-state index is 14.0. The van der Waals surface area contributed by atoms with Gasteiger partial charge in [0.25, 0.3) is 11.5 Å². The number of hydrogen-bond acceptors (Lipinski definition) is 5. The molecule has 192 valence electrons. The lowest BCUT2D eigenvalue weighted by Crippen LogP contribution is -2.41. The Morgan fingerprint density at radius 3 is 2.46 bits per heavy atom. The number of carbonyl (C=O) groups is 1. The van der Waals surface area contributed by atoms with Crippen LogP contribution in [0.3, 0.4) is 0 Å². The van der Waals surface area contributed by atoms with E-state index in [-0.39, 0.29) is 17.0 Å². The Bertz CT molecular complexity index is 1490. The fourth-order valence-corrected chi connectivity index (χ4v) is 4.31. The molecular weight excluding hydrogens is 495 g/mol. The predicted octanol–water partition coefficient (Wildman–Crippen LogP) is 4.95. The standard InChI is InChI=1S/C28H28ClFN4O3/c1-18(33(15-14-32(2)3)27(35)19-6-5-7-21(30)16-19)26-31-25-17-20(29)8-13-24(25)28(36)34(26)22-9-11-23(37-4)12-10-22/h5-13,16-18H,14-15H2,1-4H3. The number of ether oxygens (including phenoxy) is 1. The van der Waals surface area contributed by atoms with E-state index in [2.05, 4.69) is 0 Å². The van der Waals surface area contributed by atoms with Gasteiger partial charge in [-0.05, 0) is 81.7 Å². The lowest BCUT2D eigenvalue weighted by Gasteiger charge is -2.31. The number of amides is 1. The molecule has 9 heteroatoms. The summed E-state index contributed by atoms with van der Waals surface area (Å²) in [7, 11) is 5.37. The molecule has 0 radical (unpaired) electrons. The van der Waals surface area contributed by atoms with Gasteiger partial charge in [-0.25, -0.2) is 9.37 Å². The van der Waals surface area contributed by atoms with Gasteiger partial charge in [0.2, 0.25) is 0 Å². The highest BCUT2D eigenvalue weighted by Crippen LogP contribution is 2.26. The molecular formula is C28H28ClFN4O3. The molecule has 0 aliphatic rings. The van der Waals surface area contributed by atoms with Crippen LogP contribution >= 0.6 is 11.6 Å². The van der Waals surface area contributed by atoms with Crippen molar-refractivity contribution in [3.8, 4) is 11.4 Å². The highest BCUT2D eigenvalue weighted by atomic mass is 35.5. The first-order chi connectivity index (χ1) is 17.7. The summed E-state index contributed by atoms with van der Waals surface area (Å²) in [6.07, 6.45) is 0. The summed E-state index contributed by atoms with van der Waals surface area (Å²) in [5.41, 5.74) is 0.921. The van der Waals surface area contributed by atoms with Crippen LogP contribution in [-0.2, 0) is 0 Å². The molecule has 3 aromatic carbocycles. The first kappa shape index (κ1) is 26.3. The van der Waals surface area contributed by atoms with Crippen LogP contribution in [0.25, 0.3) is 16.6 Å². The topological polar surface area (TPSA) is 67.7 Å². The largest absolute Gasteiger partial charge is 0.497 e. The number of fused-ring (bicyclic) bond motifs is 1. The van der Waals surface area contributed by atoms with Crippen LogP contribution in [0.2, 0.25) is 5.02 Å². The Morgan fingerprint density at radius 1 is 1.08 bits per heavy atom. The molecule has 1 atom stereocenters. The molecule has 0 bridgehead atoms. The van der Waals surface area contributed by atoms with E-state index in [1.165, 1.54) is 22.8 Å². The Labute approximate surface area is 219 Å². The summed E-state index contributed by atoms with van der Waals surface area (Å²) < 4.78 is 20.8. The van der Waals surface area contributed by atoms with E-state index < -0.39 is 11.9 Å². The molecule has 1 amide bonds. The number of aromatic nitrogens is 2. The van der Waals surface area contributed by atoms with Gasteiger partial charge in [0, 0.05) is 23.7 Å². The molecule has 4 aromatic rings. The van der Waals surface area contributed by atoms with Gasteiger partial charge in [-0.2, -0.15) is 0 Å². The van der Waals surface area contributed by atoms with E-state index in [0.717, 1.165) is 0 Å². The van der Waals surface area contributed by atoms with Gasteiger partial charge in [-0.15, -0.1) is 0 Å². The zero-order chi connectivity index (χ0) is 26.7. The summed E-state index contributed by atoms with van der Waals surface area (Å²) in [4.78, 5) is 35.8. The molecule has 7 nitrogen and oxygen atoms in total. The van der Waals surface area contributed by atoms with Gasteiger partial charge in [0.1, 0.15) is 17.4 Å². The minimum Gasteiger partial charge on any atom is -0.497 e. The molecule has 0 fully saturated rings. The molecule has 0 saturated heterocycles. The van der Waals surface area contributed by atoms with Crippen LogP contribution in [0.5, 0.6) is 5.75 Å². The fraction of sp³-hybridized carbons (Fsp3) is 0.250. The number of rotatable bonds is 8. The van der Waals surface area contributed by atoms with Crippen LogP contribution in [0.15, 0.2) is 71.5 Å². The first-order valence-corrected chi connectivity index (χ1v) is 12.2. The Balaban J connectivity index is 1.91. The SMILES string of the molecule is COc1ccc(-n2c(C(C)N(CCN(C)C)C(=O)c3cccc(F)c3)nc3cc(Cl)ccc3c2=O)cc1. The van der Waals surface area contributed by atoms with Gasteiger partial charge in [0.15, 0.2) is 0 Å². The van der Waals surface area contributed by atoms with Gasteiger partial charge in [-0.1, -0.05) is 17.7 Å². The van der Waals surface area contributed by atoms with E-state index in [1.807, 2.05) is 25.9 Å². The second-order valence-corrected chi connectivity index (χ2v) is 9.39. The fourth-order valence-electron chi connectivity index (χ4n) is 4.14. The van der Waals surface area contributed by atoms with Crippen molar-refractivity contribution in [3.05, 3.63) is 99.3 Å². The van der Waals surface area contributed by atoms with Crippen LogP contribution in [0, 0.1) is 5.82 Å². The molecule has 0 N–H and O–H groups in total. The number of hydrogen-bond donors (Lipinski definition) is 0. The minimum atomic E-state index is -0.645. The van der Waals surface area contributed by atoms with Gasteiger partial charge in [-0.3, -0.25) is 14.2 Å². The molecule has 0 aliphatic heterocycles. The van der Waals surface area contributed by atoms with Crippen molar-refractivity contribution in [2.24, 2.45) is 0 Å². The Hall–Kier alpha value is -3.75. The van der Waals surface area contributed by atoms with Crippen LogP contribution in [-0.4, -0.2) is 59.6 Å². The summed E-state index contributed by atoms with van der Waals surface area (Å²) in [6.45, 7) is 2.69. The minimum absolute atomic E-state index is 0.216. The second kappa shape index (κ2) is 11.1. The van der Waals surface area contributed by atoms with Crippen molar-refractivity contribution >= 4 is 28.4 Å². The van der Waals surface area contributed by atoms with Gasteiger partial charge < -0.3 is 14.5 Å². The van der Waals surface area contributed by atoms with Crippen molar-refractivity contribution in [1.29, 1.82) is 0 Å². The van der Waals surface area contributed by atoms with E-state index in [4.69, 9.17) is 21.3 Å². The third-order valence-electron chi connectivity index (χ3n) is 6.15. The molecule has 4 rings (SSSR count). The van der Waals surface area contributed by atoms with Crippen molar-refractivity contribution in [3.63, 3.8) is 0 Å². The zero-order valence-corrected chi connectivity index (χ0v) is 21.9. The molecule has 0 spiro atoms. The maximum Gasteiger partial charge on any atom is 0.266 e. The van der Waals surface area contributed by atoms with Crippen molar-refractivity contribution < 1.29 is 13.9 Å². The predicted molar refractivity (Wildman–Crippen MR) is 143 cm³/mol. The Kier molecular flexibility index (Phi) is 7.90. The highest BCUT2D eigenvalue weighted by molar-refractivity contribution is 6.31. The van der Waals surface area contributed by atoms with Crippen molar-refractivity contribution in [2.75, 3.05) is 34.3 Å². The Morgan fingerprint density at radius 2 is 1.81 bits per heavy atom. The number of benzene rings is 3. The summed E-state index contributed by atoms with van der Waals surface area (Å²) in [5.74, 6) is 0.129. The van der Waals surface area contributed by atoms with E-state index in [1.54, 1.807) is 60.5 Å². The van der Waals surface area contributed by atoms with E-state index in [9.17, 15) is 14.0 Å². The lowest BCUT2D eigenvalue weighted by molar-refractivity contribution is 0.0666. The molecule has 0 saturated carbocycles. The van der Waals surface area contributed by atoms with Crippen LogP contribution in [0.4, 0.5) is 4.39 Å². The number of likely N-dealkylation sites (N-methyl/N-ethyl adjacent to an activating group) is 1. The number of carbonyl (C=O) groups excluding carboxylic acids is 1. The quantitative estimate of drug-likeness (QED) is 0.327. The summed E-state index contributed by atoms with van der Waals surface area (Å²) >= 11 is 6.22. The van der Waals surface area contributed by atoms with E-state index in [0.29, 0.717) is 46.3 Å². The van der Waals surface area contributed by atoms with Crippen molar-refractivity contribution in [1.82, 2.24) is 19.4 Å². The smallest absolute Gasteiger partial charge is 0.266 e. The average Bonchev–Trinajstić information content (AvgIpc) is 2.88. The molecule has 0 aliphatic carbocycles. The van der Waals surface area contributed by atoms with Gasteiger partial charge in [0.05, 0.1) is 29.7 Å². The molecule has 37 heavy (non-hydrogen) atoms. The monoisotopic (exact) mass is 522 g/mol.